The first kappa shape index (κ1) is 44.1. The van der Waals surface area contributed by atoms with Gasteiger partial charge in [-0.25, -0.2) is 0 Å². The van der Waals surface area contributed by atoms with Crippen LogP contribution in [0.15, 0.2) is 254 Å². The fourth-order valence-corrected chi connectivity index (χ4v) is 10.6. The molecule has 1 aliphatic carbocycles. The lowest BCUT2D eigenvalue weighted by Gasteiger charge is -2.33. The number of rotatable bonds is 13. The van der Waals surface area contributed by atoms with Gasteiger partial charge in [-0.15, -0.1) is 0 Å². The first-order chi connectivity index (χ1) is 33.4. The van der Waals surface area contributed by atoms with Crippen LogP contribution in [0.3, 0.4) is 0 Å². The van der Waals surface area contributed by atoms with Crippen LogP contribution in [0.25, 0.3) is 50.1 Å². The van der Waals surface area contributed by atoms with Crippen LogP contribution in [-0.2, 0) is 11.8 Å². The smallest absolute Gasteiger partial charge is 0.0438 e. The van der Waals surface area contributed by atoms with E-state index in [4.69, 9.17) is 0 Å². The molecule has 0 heterocycles. The molecule has 2 unspecified atom stereocenters. The van der Waals surface area contributed by atoms with Crippen molar-refractivity contribution >= 4 is 16.7 Å². The monoisotopic (exact) mass is 874 g/mol. The molecule has 68 heavy (non-hydrogen) atoms. The molecule has 9 aromatic carbocycles. The Morgan fingerprint density at radius 2 is 1.00 bits per heavy atom. The van der Waals surface area contributed by atoms with Crippen LogP contribution in [0.2, 0.25) is 0 Å². The lowest BCUT2D eigenvalue weighted by Crippen LogP contribution is -2.25. The molecule has 0 amide bonds. The third-order valence-electron chi connectivity index (χ3n) is 14.5. The van der Waals surface area contributed by atoms with E-state index in [1.807, 2.05) is 0 Å². The molecule has 0 aliphatic heterocycles. The summed E-state index contributed by atoms with van der Waals surface area (Å²) in [5, 5.41) is 0. The Balaban J connectivity index is 1.00. The summed E-state index contributed by atoms with van der Waals surface area (Å²) in [5.41, 5.74) is 24.3. The lowest BCUT2D eigenvalue weighted by molar-refractivity contribution is 0.681. The summed E-state index contributed by atoms with van der Waals surface area (Å²) in [6.07, 6.45) is 6.56. The van der Waals surface area contributed by atoms with Gasteiger partial charge in [-0.1, -0.05) is 248 Å². The maximum atomic E-state index is 2.47. The molecule has 0 nitrogen and oxygen atoms in total. The zero-order valence-electron chi connectivity index (χ0n) is 39.7. The highest BCUT2D eigenvalue weighted by Crippen LogP contribution is 2.56. The van der Waals surface area contributed by atoms with Crippen molar-refractivity contribution in [3.63, 3.8) is 0 Å². The van der Waals surface area contributed by atoms with Crippen molar-refractivity contribution < 1.29 is 0 Å². The van der Waals surface area contributed by atoms with E-state index in [1.165, 1.54) is 106 Å². The summed E-state index contributed by atoms with van der Waals surface area (Å²) < 4.78 is 0. The lowest BCUT2D eigenvalue weighted by atomic mass is 9.69. The van der Waals surface area contributed by atoms with Crippen molar-refractivity contribution in [3.05, 3.63) is 304 Å². The van der Waals surface area contributed by atoms with Crippen LogP contribution in [-0.4, -0.2) is 0 Å². The Morgan fingerprint density at radius 1 is 0.471 bits per heavy atom. The second kappa shape index (κ2) is 19.6. The van der Waals surface area contributed by atoms with Crippen LogP contribution in [0.1, 0.15) is 90.1 Å². The van der Waals surface area contributed by atoms with Crippen LogP contribution in [0, 0.1) is 0 Å². The van der Waals surface area contributed by atoms with Crippen molar-refractivity contribution in [2.24, 2.45) is 0 Å². The minimum Gasteiger partial charge on any atom is -0.0726 e. The van der Waals surface area contributed by atoms with Crippen LogP contribution >= 0.6 is 0 Å². The summed E-state index contributed by atoms with van der Waals surface area (Å²) in [6, 6.07) is 86.8. The topological polar surface area (TPSA) is 0 Å². The van der Waals surface area contributed by atoms with Gasteiger partial charge in [-0.3, -0.25) is 0 Å². The van der Waals surface area contributed by atoms with E-state index in [0.717, 1.165) is 12.8 Å². The van der Waals surface area contributed by atoms with Crippen molar-refractivity contribution in [1.82, 2.24) is 0 Å². The zero-order chi connectivity index (χ0) is 46.5. The van der Waals surface area contributed by atoms with Crippen LogP contribution < -0.4 is 0 Å². The summed E-state index contributed by atoms with van der Waals surface area (Å²) in [6.45, 7) is 9.36. The molecule has 0 heteroatoms. The van der Waals surface area contributed by atoms with Gasteiger partial charge in [0.05, 0.1) is 0 Å². The molecule has 0 fully saturated rings. The normalized spacial score (nSPS) is 15.3. The second-order valence-electron chi connectivity index (χ2n) is 18.6. The van der Waals surface area contributed by atoms with E-state index in [-0.39, 0.29) is 11.3 Å². The predicted octanol–water partition coefficient (Wildman–Crippen LogP) is 18.1. The Morgan fingerprint density at radius 3 is 1.72 bits per heavy atom. The highest BCUT2D eigenvalue weighted by Gasteiger charge is 2.43. The number of hydrogen-bond donors (Lipinski definition) is 0. The molecule has 0 bridgehead atoms. The fraction of sp³-hybridized carbons (Fsp3) is 0.118. The van der Waals surface area contributed by atoms with Crippen LogP contribution in [0.4, 0.5) is 0 Å². The summed E-state index contributed by atoms with van der Waals surface area (Å²) in [5.74, 6) is 0.194. The van der Waals surface area contributed by atoms with Gasteiger partial charge in [0.25, 0.3) is 0 Å². The third-order valence-corrected chi connectivity index (χ3v) is 14.5. The minimum atomic E-state index is -0.359. The highest BCUT2D eigenvalue weighted by molar-refractivity contribution is 5.92. The van der Waals surface area contributed by atoms with Crippen molar-refractivity contribution in [3.8, 4) is 33.4 Å². The third kappa shape index (κ3) is 8.79. The molecule has 1 aliphatic rings. The largest absolute Gasteiger partial charge is 0.0726 e. The molecule has 0 aromatic heterocycles. The number of benzene rings is 9. The Kier molecular flexibility index (Phi) is 12.7. The number of fused-ring (bicyclic) bond motifs is 3. The molecule has 0 saturated carbocycles. The molecule has 10 rings (SSSR count). The fourth-order valence-electron chi connectivity index (χ4n) is 10.6. The van der Waals surface area contributed by atoms with Gasteiger partial charge in [-0.2, -0.15) is 0 Å². The molecule has 2 atom stereocenters. The summed E-state index contributed by atoms with van der Waals surface area (Å²) >= 11 is 0. The molecular formula is C68H58. The Bertz CT molecular complexity index is 3280. The standard InChI is InChI=1S/C68H58/c1-48(39-40-59(53-27-13-7-14-28-53)45-49(2)57-31-21-32-58(47-57)55-43-41-54(42-44-55)52-25-11-6-12-26-52)50(3)60-35-22-38-66-67(60)62-34-18-20-37-65(62)68(66,4)64-36-19-17-33-61(64)63(56-29-15-8-16-30-56)46-51-23-9-5-10-24-51/h5-38,40-45,47,63H,39,46H2,1-4H3/b49-45+,50-48+,59-40+. The van der Waals surface area contributed by atoms with Gasteiger partial charge in [0.1, 0.15) is 0 Å². The molecule has 9 aromatic rings. The van der Waals surface area contributed by atoms with Crippen molar-refractivity contribution in [1.29, 1.82) is 0 Å². The van der Waals surface area contributed by atoms with E-state index in [0.29, 0.717) is 0 Å². The molecule has 0 N–H and O–H groups in total. The number of hydrogen-bond acceptors (Lipinski definition) is 0. The number of allylic oxidation sites excluding steroid dienone is 6. The van der Waals surface area contributed by atoms with Gasteiger partial charge >= 0.3 is 0 Å². The summed E-state index contributed by atoms with van der Waals surface area (Å²) in [7, 11) is 0. The quantitative estimate of drug-likeness (QED) is 0.101. The second-order valence-corrected chi connectivity index (χ2v) is 18.6. The van der Waals surface area contributed by atoms with E-state index >= 15 is 0 Å². The first-order valence-electron chi connectivity index (χ1n) is 24.2. The molecule has 330 valence electrons. The average molecular weight is 875 g/mol. The molecule has 0 spiro atoms. The maximum Gasteiger partial charge on any atom is 0.0438 e. The maximum absolute atomic E-state index is 2.47. The van der Waals surface area contributed by atoms with E-state index in [9.17, 15) is 0 Å². The van der Waals surface area contributed by atoms with Gasteiger partial charge in [0, 0.05) is 11.3 Å². The Labute approximate surface area is 404 Å². The van der Waals surface area contributed by atoms with Gasteiger partial charge in [-0.05, 0) is 147 Å². The average Bonchev–Trinajstić information content (AvgIpc) is 3.68. The SMILES string of the molecule is C/C(=C\C(=C/C/C(C)=C(\C)c1cccc2c1-c1ccccc1C2(C)c1ccccc1C(Cc1ccccc1)c1ccccc1)c1ccccc1)c1cccc(-c2ccc(-c3ccccc3)cc2)c1. The predicted molar refractivity (Wildman–Crippen MR) is 291 cm³/mol. The molecular weight excluding hydrogens is 817 g/mol. The zero-order valence-corrected chi connectivity index (χ0v) is 39.7. The molecule has 0 saturated heterocycles. The van der Waals surface area contributed by atoms with Gasteiger partial charge in [0.2, 0.25) is 0 Å². The Hall–Kier alpha value is -7.80. The van der Waals surface area contributed by atoms with Gasteiger partial charge in [0.15, 0.2) is 0 Å². The van der Waals surface area contributed by atoms with Gasteiger partial charge < -0.3 is 0 Å². The van der Waals surface area contributed by atoms with E-state index in [2.05, 4.69) is 276 Å². The van der Waals surface area contributed by atoms with Crippen LogP contribution in [0.5, 0.6) is 0 Å². The first-order valence-corrected chi connectivity index (χ1v) is 24.2. The van der Waals surface area contributed by atoms with E-state index in [1.54, 1.807) is 0 Å². The van der Waals surface area contributed by atoms with Crippen molar-refractivity contribution in [2.75, 3.05) is 0 Å². The minimum absolute atomic E-state index is 0.194. The van der Waals surface area contributed by atoms with Crippen molar-refractivity contribution in [2.45, 2.75) is 51.9 Å². The van der Waals surface area contributed by atoms with E-state index < -0.39 is 0 Å². The highest BCUT2D eigenvalue weighted by atomic mass is 14.5. The molecule has 0 radical (unpaired) electrons. The summed E-state index contributed by atoms with van der Waals surface area (Å²) in [4.78, 5) is 0.